The SMILES string of the molecule is CCOC(=O)C(N)CCOc1ccc(C)c(C)c1. The molecule has 1 aromatic rings. The predicted molar refractivity (Wildman–Crippen MR) is 70.6 cm³/mol. The maximum atomic E-state index is 11.3. The van der Waals surface area contributed by atoms with Gasteiger partial charge in [-0.25, -0.2) is 0 Å². The average Bonchev–Trinajstić information content (AvgIpc) is 2.34. The Labute approximate surface area is 108 Å². The van der Waals surface area contributed by atoms with Crippen LogP contribution in [0, 0.1) is 13.8 Å². The minimum absolute atomic E-state index is 0.352. The van der Waals surface area contributed by atoms with Gasteiger partial charge in [-0.1, -0.05) is 6.07 Å². The van der Waals surface area contributed by atoms with Crippen molar-refractivity contribution in [1.29, 1.82) is 0 Å². The highest BCUT2D eigenvalue weighted by Gasteiger charge is 2.14. The second kappa shape index (κ2) is 7.01. The number of benzene rings is 1. The van der Waals surface area contributed by atoms with E-state index in [2.05, 4.69) is 6.92 Å². The number of aryl methyl sites for hydroxylation is 2. The third-order valence-electron chi connectivity index (χ3n) is 2.77. The van der Waals surface area contributed by atoms with Gasteiger partial charge in [0.15, 0.2) is 0 Å². The van der Waals surface area contributed by atoms with E-state index in [0.29, 0.717) is 19.6 Å². The Kier molecular flexibility index (Phi) is 5.65. The smallest absolute Gasteiger partial charge is 0.323 e. The summed E-state index contributed by atoms with van der Waals surface area (Å²) in [6.07, 6.45) is 0.450. The van der Waals surface area contributed by atoms with Gasteiger partial charge in [-0.2, -0.15) is 0 Å². The number of hydrogen-bond acceptors (Lipinski definition) is 4. The standard InChI is InChI=1S/C14H21NO3/c1-4-17-14(16)13(15)7-8-18-12-6-5-10(2)11(3)9-12/h5-6,9,13H,4,7-8,15H2,1-3H3. The zero-order valence-corrected chi connectivity index (χ0v) is 11.2. The van der Waals surface area contributed by atoms with Gasteiger partial charge in [0, 0.05) is 6.42 Å². The molecule has 1 unspecified atom stereocenters. The maximum absolute atomic E-state index is 11.3. The number of carbonyl (C=O) groups is 1. The van der Waals surface area contributed by atoms with Crippen LogP contribution in [0.5, 0.6) is 5.75 Å². The van der Waals surface area contributed by atoms with Crippen LogP contribution in [0.2, 0.25) is 0 Å². The molecule has 0 aliphatic carbocycles. The Balaban J connectivity index is 2.37. The summed E-state index contributed by atoms with van der Waals surface area (Å²) in [5.41, 5.74) is 8.08. The Morgan fingerprint density at radius 1 is 1.33 bits per heavy atom. The summed E-state index contributed by atoms with van der Waals surface area (Å²) in [7, 11) is 0. The Bertz CT molecular complexity index is 404. The molecule has 0 aromatic heterocycles. The van der Waals surface area contributed by atoms with E-state index in [9.17, 15) is 4.79 Å². The molecule has 0 bridgehead atoms. The van der Waals surface area contributed by atoms with Gasteiger partial charge in [-0.3, -0.25) is 4.79 Å². The monoisotopic (exact) mass is 251 g/mol. The van der Waals surface area contributed by atoms with E-state index in [1.165, 1.54) is 11.1 Å². The lowest BCUT2D eigenvalue weighted by atomic mass is 10.1. The van der Waals surface area contributed by atoms with Crippen molar-refractivity contribution in [3.63, 3.8) is 0 Å². The first-order chi connectivity index (χ1) is 8.54. The minimum atomic E-state index is -0.614. The molecule has 0 fully saturated rings. The summed E-state index contributed by atoms with van der Waals surface area (Å²) in [4.78, 5) is 11.3. The number of ether oxygens (including phenoxy) is 2. The maximum Gasteiger partial charge on any atom is 0.323 e. The normalized spacial score (nSPS) is 12.0. The second-order valence-corrected chi connectivity index (χ2v) is 4.24. The first-order valence-corrected chi connectivity index (χ1v) is 6.17. The topological polar surface area (TPSA) is 61.5 Å². The Morgan fingerprint density at radius 2 is 2.06 bits per heavy atom. The molecule has 0 aliphatic heterocycles. The third-order valence-corrected chi connectivity index (χ3v) is 2.77. The van der Waals surface area contributed by atoms with Crippen LogP contribution in [0.4, 0.5) is 0 Å². The van der Waals surface area contributed by atoms with Crippen LogP contribution in [-0.2, 0) is 9.53 Å². The molecule has 4 heteroatoms. The lowest BCUT2D eigenvalue weighted by Crippen LogP contribution is -2.33. The van der Waals surface area contributed by atoms with Crippen LogP contribution in [0.25, 0.3) is 0 Å². The third kappa shape index (κ3) is 4.37. The number of carbonyl (C=O) groups excluding carboxylic acids is 1. The van der Waals surface area contributed by atoms with E-state index in [1.54, 1.807) is 6.92 Å². The van der Waals surface area contributed by atoms with Gasteiger partial charge in [0.1, 0.15) is 11.8 Å². The molecule has 0 aliphatic rings. The molecule has 18 heavy (non-hydrogen) atoms. The van der Waals surface area contributed by atoms with Crippen LogP contribution in [0.1, 0.15) is 24.5 Å². The van der Waals surface area contributed by atoms with E-state index in [1.807, 2.05) is 25.1 Å². The van der Waals surface area contributed by atoms with E-state index in [-0.39, 0.29) is 5.97 Å². The van der Waals surface area contributed by atoms with Gasteiger partial charge >= 0.3 is 5.97 Å². The zero-order valence-electron chi connectivity index (χ0n) is 11.2. The molecule has 0 saturated heterocycles. The molecule has 0 radical (unpaired) electrons. The number of esters is 1. The first-order valence-electron chi connectivity index (χ1n) is 6.17. The van der Waals surface area contributed by atoms with Crippen LogP contribution < -0.4 is 10.5 Å². The highest BCUT2D eigenvalue weighted by atomic mass is 16.5. The molecule has 4 nitrogen and oxygen atoms in total. The van der Waals surface area contributed by atoms with Crippen molar-refractivity contribution >= 4 is 5.97 Å². The molecule has 0 saturated carbocycles. The van der Waals surface area contributed by atoms with E-state index < -0.39 is 6.04 Å². The van der Waals surface area contributed by atoms with Crippen LogP contribution in [0.3, 0.4) is 0 Å². The van der Waals surface area contributed by atoms with E-state index in [4.69, 9.17) is 15.2 Å². The molecule has 0 heterocycles. The van der Waals surface area contributed by atoms with Crippen LogP contribution >= 0.6 is 0 Å². The van der Waals surface area contributed by atoms with Gasteiger partial charge < -0.3 is 15.2 Å². The van der Waals surface area contributed by atoms with Gasteiger partial charge in [-0.05, 0) is 44.0 Å². The van der Waals surface area contributed by atoms with Gasteiger partial charge in [-0.15, -0.1) is 0 Å². The summed E-state index contributed by atoms with van der Waals surface area (Å²) in [6, 6.07) is 5.29. The molecule has 1 atom stereocenters. The van der Waals surface area contributed by atoms with Crippen molar-refractivity contribution < 1.29 is 14.3 Å². The predicted octanol–water partition coefficient (Wildman–Crippen LogP) is 1.96. The van der Waals surface area contributed by atoms with Crippen molar-refractivity contribution in [2.45, 2.75) is 33.2 Å². The van der Waals surface area contributed by atoms with Crippen molar-refractivity contribution in [3.05, 3.63) is 29.3 Å². The van der Waals surface area contributed by atoms with E-state index in [0.717, 1.165) is 5.75 Å². The fourth-order valence-corrected chi connectivity index (χ4v) is 1.47. The minimum Gasteiger partial charge on any atom is -0.494 e. The lowest BCUT2D eigenvalue weighted by Gasteiger charge is -2.12. The van der Waals surface area contributed by atoms with Crippen LogP contribution in [-0.4, -0.2) is 25.2 Å². The zero-order chi connectivity index (χ0) is 13.5. The van der Waals surface area contributed by atoms with Crippen molar-refractivity contribution in [3.8, 4) is 5.75 Å². The fraction of sp³-hybridized carbons (Fsp3) is 0.500. The number of rotatable bonds is 6. The van der Waals surface area contributed by atoms with Crippen LogP contribution in [0.15, 0.2) is 18.2 Å². The average molecular weight is 251 g/mol. The van der Waals surface area contributed by atoms with Gasteiger partial charge in [0.25, 0.3) is 0 Å². The Morgan fingerprint density at radius 3 is 2.67 bits per heavy atom. The quantitative estimate of drug-likeness (QED) is 0.785. The largest absolute Gasteiger partial charge is 0.494 e. The number of hydrogen-bond donors (Lipinski definition) is 1. The molecule has 2 N–H and O–H groups in total. The highest BCUT2D eigenvalue weighted by Crippen LogP contribution is 2.16. The summed E-state index contributed by atoms with van der Waals surface area (Å²) in [5, 5.41) is 0. The van der Waals surface area contributed by atoms with Gasteiger partial charge in [0.2, 0.25) is 0 Å². The lowest BCUT2D eigenvalue weighted by molar-refractivity contribution is -0.145. The summed E-state index contributed by atoms with van der Waals surface area (Å²) in [5.74, 6) is 0.426. The van der Waals surface area contributed by atoms with E-state index >= 15 is 0 Å². The molecule has 1 aromatic carbocycles. The molecular weight excluding hydrogens is 230 g/mol. The molecule has 100 valence electrons. The van der Waals surface area contributed by atoms with Crippen molar-refractivity contribution in [1.82, 2.24) is 0 Å². The molecule has 0 amide bonds. The van der Waals surface area contributed by atoms with Gasteiger partial charge in [0.05, 0.1) is 13.2 Å². The highest BCUT2D eigenvalue weighted by molar-refractivity contribution is 5.75. The molecule has 0 spiro atoms. The summed E-state index contributed by atoms with van der Waals surface area (Å²) >= 11 is 0. The summed E-state index contributed by atoms with van der Waals surface area (Å²) < 4.78 is 10.4. The van der Waals surface area contributed by atoms with Crippen molar-refractivity contribution in [2.75, 3.05) is 13.2 Å². The Hall–Kier alpha value is -1.55. The molecule has 1 rings (SSSR count). The fourth-order valence-electron chi connectivity index (χ4n) is 1.47. The molecular formula is C14H21NO3. The first kappa shape index (κ1) is 14.5. The summed E-state index contributed by atoms with van der Waals surface area (Å²) in [6.45, 7) is 6.60. The number of nitrogens with two attached hydrogens (primary N) is 1. The second-order valence-electron chi connectivity index (χ2n) is 4.24. The van der Waals surface area contributed by atoms with Crippen molar-refractivity contribution in [2.24, 2.45) is 5.73 Å².